The second-order valence-corrected chi connectivity index (χ2v) is 5.66. The summed E-state index contributed by atoms with van der Waals surface area (Å²) in [5, 5.41) is 0. The molecule has 0 spiro atoms. The summed E-state index contributed by atoms with van der Waals surface area (Å²) in [4.78, 5) is 11.5. The lowest BCUT2D eigenvalue weighted by molar-refractivity contribution is 0.687. The summed E-state index contributed by atoms with van der Waals surface area (Å²) in [6.45, 7) is 8.54. The Labute approximate surface area is 115 Å². The summed E-state index contributed by atoms with van der Waals surface area (Å²) in [5.74, 6) is 9.21. The van der Waals surface area contributed by atoms with Gasteiger partial charge in [0, 0.05) is 25.1 Å². The Bertz CT molecular complexity index is 414. The maximum atomic E-state index is 5.52. The molecular weight excluding hydrogens is 238 g/mol. The molecule has 0 atom stereocenters. The fourth-order valence-electron chi connectivity index (χ4n) is 2.13. The van der Waals surface area contributed by atoms with Crippen LogP contribution in [0.5, 0.6) is 0 Å². The Balaban J connectivity index is 2.25. The van der Waals surface area contributed by atoms with Gasteiger partial charge in [0.05, 0.1) is 0 Å². The third-order valence-electron chi connectivity index (χ3n) is 3.39. The van der Waals surface area contributed by atoms with Crippen LogP contribution in [0.1, 0.15) is 51.8 Å². The highest BCUT2D eigenvalue weighted by Gasteiger charge is 2.25. The smallest absolute Gasteiger partial charge is 0.145 e. The van der Waals surface area contributed by atoms with Gasteiger partial charge in [-0.05, 0) is 25.2 Å². The van der Waals surface area contributed by atoms with Crippen molar-refractivity contribution in [3.8, 4) is 0 Å². The van der Waals surface area contributed by atoms with Crippen LogP contribution in [0.15, 0.2) is 6.07 Å². The molecule has 0 saturated heterocycles. The molecule has 1 aromatic rings. The Morgan fingerprint density at radius 2 is 2.16 bits per heavy atom. The number of hydrogen-bond donors (Lipinski definition) is 2. The van der Waals surface area contributed by atoms with Crippen LogP contribution >= 0.6 is 0 Å². The van der Waals surface area contributed by atoms with Gasteiger partial charge in [-0.15, -0.1) is 0 Å². The molecule has 0 aromatic carbocycles. The van der Waals surface area contributed by atoms with Gasteiger partial charge in [0.1, 0.15) is 17.5 Å². The first-order chi connectivity index (χ1) is 9.13. The van der Waals surface area contributed by atoms with Gasteiger partial charge in [-0.25, -0.2) is 15.8 Å². The van der Waals surface area contributed by atoms with E-state index < -0.39 is 0 Å². The van der Waals surface area contributed by atoms with Crippen LogP contribution < -0.4 is 16.2 Å². The molecule has 106 valence electrons. The van der Waals surface area contributed by atoms with Crippen molar-refractivity contribution in [2.75, 3.05) is 23.4 Å². The van der Waals surface area contributed by atoms with Gasteiger partial charge >= 0.3 is 0 Å². The average molecular weight is 263 g/mol. The van der Waals surface area contributed by atoms with Crippen molar-refractivity contribution < 1.29 is 0 Å². The van der Waals surface area contributed by atoms with Crippen LogP contribution in [-0.4, -0.2) is 23.1 Å². The Hall–Kier alpha value is -1.36. The van der Waals surface area contributed by atoms with Crippen molar-refractivity contribution in [3.05, 3.63) is 11.9 Å². The summed E-state index contributed by atoms with van der Waals surface area (Å²) in [7, 11) is 0. The van der Waals surface area contributed by atoms with Gasteiger partial charge in [-0.1, -0.05) is 20.8 Å². The minimum absolute atomic E-state index is 0.302. The summed E-state index contributed by atoms with van der Waals surface area (Å²) < 4.78 is 0. The normalized spacial score (nSPS) is 14.8. The van der Waals surface area contributed by atoms with E-state index in [1.54, 1.807) is 0 Å². The second-order valence-electron chi connectivity index (χ2n) is 5.66. The third kappa shape index (κ3) is 3.80. The highest BCUT2D eigenvalue weighted by Crippen LogP contribution is 2.31. The third-order valence-corrected chi connectivity index (χ3v) is 3.39. The molecule has 1 heterocycles. The molecule has 5 nitrogen and oxygen atoms in total. The van der Waals surface area contributed by atoms with Gasteiger partial charge in [-0.3, -0.25) is 0 Å². The van der Waals surface area contributed by atoms with Gasteiger partial charge in [0.25, 0.3) is 0 Å². The van der Waals surface area contributed by atoms with Gasteiger partial charge in [0.2, 0.25) is 0 Å². The van der Waals surface area contributed by atoms with Crippen molar-refractivity contribution in [2.24, 2.45) is 11.8 Å². The molecule has 5 heteroatoms. The number of nitrogens with one attached hydrogen (secondary N) is 1. The number of rotatable bonds is 7. The zero-order valence-corrected chi connectivity index (χ0v) is 12.2. The average Bonchev–Trinajstić information content (AvgIpc) is 3.21. The van der Waals surface area contributed by atoms with Crippen molar-refractivity contribution in [2.45, 2.75) is 46.0 Å². The van der Waals surface area contributed by atoms with E-state index in [-0.39, 0.29) is 0 Å². The number of hydrazine groups is 1. The number of nitrogens with zero attached hydrogens (tertiary/aromatic N) is 3. The fraction of sp³-hybridized carbons (Fsp3) is 0.714. The number of hydrogen-bond acceptors (Lipinski definition) is 5. The van der Waals surface area contributed by atoms with Gasteiger partial charge in [0.15, 0.2) is 0 Å². The van der Waals surface area contributed by atoms with E-state index >= 15 is 0 Å². The minimum Gasteiger partial charge on any atom is -0.356 e. The van der Waals surface area contributed by atoms with Gasteiger partial charge < -0.3 is 10.3 Å². The number of aromatic nitrogens is 2. The molecule has 1 aliphatic carbocycles. The molecule has 1 aliphatic rings. The monoisotopic (exact) mass is 263 g/mol. The first-order valence-electron chi connectivity index (χ1n) is 7.24. The van der Waals surface area contributed by atoms with Crippen LogP contribution in [0, 0.1) is 5.92 Å². The zero-order chi connectivity index (χ0) is 13.8. The SMILES string of the molecule is CCCN(CC1CC1)c1cc(NN)nc(C(C)C)n1. The molecule has 2 rings (SSSR count). The molecular formula is C14H25N5. The van der Waals surface area contributed by atoms with Crippen molar-refractivity contribution in [3.63, 3.8) is 0 Å². The molecule has 0 bridgehead atoms. The Morgan fingerprint density at radius 1 is 1.42 bits per heavy atom. The van der Waals surface area contributed by atoms with Crippen LogP contribution in [-0.2, 0) is 0 Å². The Morgan fingerprint density at radius 3 is 2.68 bits per heavy atom. The highest BCUT2D eigenvalue weighted by molar-refractivity contribution is 5.49. The lowest BCUT2D eigenvalue weighted by atomic mass is 10.2. The Kier molecular flexibility index (Phi) is 4.58. The van der Waals surface area contributed by atoms with E-state index in [1.165, 1.54) is 12.8 Å². The van der Waals surface area contributed by atoms with Crippen LogP contribution in [0.2, 0.25) is 0 Å². The van der Waals surface area contributed by atoms with E-state index in [9.17, 15) is 0 Å². The van der Waals surface area contributed by atoms with Crippen molar-refractivity contribution in [1.29, 1.82) is 0 Å². The standard InChI is InChI=1S/C14H25N5/c1-4-7-19(9-11-5-6-11)13-8-12(18-15)16-14(17-13)10(2)3/h8,10-11H,4-7,9,15H2,1-3H3,(H,16,17,18). The molecule has 0 amide bonds. The van der Waals surface area contributed by atoms with E-state index in [0.29, 0.717) is 11.7 Å². The second kappa shape index (κ2) is 6.19. The quantitative estimate of drug-likeness (QED) is 0.584. The zero-order valence-electron chi connectivity index (χ0n) is 12.2. The van der Waals surface area contributed by atoms with Crippen LogP contribution in [0.25, 0.3) is 0 Å². The predicted octanol–water partition coefficient (Wildman–Crippen LogP) is 2.51. The predicted molar refractivity (Wildman–Crippen MR) is 79.2 cm³/mol. The molecule has 1 aromatic heterocycles. The molecule has 19 heavy (non-hydrogen) atoms. The first kappa shape index (κ1) is 14.1. The van der Waals surface area contributed by atoms with Crippen LogP contribution in [0.3, 0.4) is 0 Å². The number of nitrogen functional groups attached to an aromatic ring is 1. The van der Waals surface area contributed by atoms with Gasteiger partial charge in [-0.2, -0.15) is 0 Å². The fourth-order valence-corrected chi connectivity index (χ4v) is 2.13. The number of anilines is 2. The summed E-state index contributed by atoms with van der Waals surface area (Å²) in [5.41, 5.74) is 2.65. The van der Waals surface area contributed by atoms with E-state index in [0.717, 1.165) is 37.1 Å². The maximum absolute atomic E-state index is 5.52. The topological polar surface area (TPSA) is 67.1 Å². The molecule has 0 aliphatic heterocycles. The summed E-state index contributed by atoms with van der Waals surface area (Å²) in [6.07, 6.45) is 3.83. The van der Waals surface area contributed by atoms with E-state index in [2.05, 4.69) is 36.1 Å². The minimum atomic E-state index is 0.302. The first-order valence-corrected chi connectivity index (χ1v) is 7.24. The summed E-state index contributed by atoms with van der Waals surface area (Å²) in [6, 6.07) is 1.95. The number of nitrogens with two attached hydrogens (primary N) is 1. The molecule has 3 N–H and O–H groups in total. The van der Waals surface area contributed by atoms with E-state index in [4.69, 9.17) is 10.8 Å². The van der Waals surface area contributed by atoms with Crippen molar-refractivity contribution in [1.82, 2.24) is 9.97 Å². The molecule has 0 radical (unpaired) electrons. The van der Waals surface area contributed by atoms with E-state index in [1.807, 2.05) is 6.07 Å². The molecule has 1 fully saturated rings. The molecule has 1 saturated carbocycles. The van der Waals surface area contributed by atoms with Crippen molar-refractivity contribution >= 4 is 11.6 Å². The molecule has 0 unspecified atom stereocenters. The maximum Gasteiger partial charge on any atom is 0.145 e. The largest absolute Gasteiger partial charge is 0.356 e. The lowest BCUT2D eigenvalue weighted by Crippen LogP contribution is -2.28. The lowest BCUT2D eigenvalue weighted by Gasteiger charge is -2.24. The highest BCUT2D eigenvalue weighted by atomic mass is 15.3. The summed E-state index contributed by atoms with van der Waals surface area (Å²) >= 11 is 0. The van der Waals surface area contributed by atoms with Crippen LogP contribution in [0.4, 0.5) is 11.6 Å².